The fraction of sp³-hybridized carbons (Fsp3) is 0.591. The van der Waals surface area contributed by atoms with Crippen LogP contribution in [0.1, 0.15) is 32.1 Å². The lowest BCUT2D eigenvalue weighted by Crippen LogP contribution is -2.59. The molecule has 1 aliphatic heterocycles. The van der Waals surface area contributed by atoms with E-state index >= 15 is 0 Å². The third-order valence-electron chi connectivity index (χ3n) is 6.35. The summed E-state index contributed by atoms with van der Waals surface area (Å²) < 4.78 is 20.5. The number of morpholine rings is 1. The van der Waals surface area contributed by atoms with Gasteiger partial charge < -0.3 is 14.6 Å². The van der Waals surface area contributed by atoms with Gasteiger partial charge in [-0.3, -0.25) is 9.69 Å². The SMILES string of the molecule is Cn1c(SCC(=O)NCC2(N3CCOCC3)CCCCC2)nnc1-c1ccc(F)cc1. The van der Waals surface area contributed by atoms with E-state index in [1.165, 1.54) is 43.2 Å². The molecule has 2 heterocycles. The van der Waals surface area contributed by atoms with Gasteiger partial charge in [0.15, 0.2) is 11.0 Å². The molecular formula is C22H30FN5O2S. The van der Waals surface area contributed by atoms with E-state index in [0.717, 1.165) is 44.7 Å². The summed E-state index contributed by atoms with van der Waals surface area (Å²) in [5.41, 5.74) is 0.848. The topological polar surface area (TPSA) is 72.3 Å². The van der Waals surface area contributed by atoms with Crippen molar-refractivity contribution in [3.63, 3.8) is 0 Å². The van der Waals surface area contributed by atoms with E-state index in [2.05, 4.69) is 20.4 Å². The molecule has 2 fully saturated rings. The molecule has 0 unspecified atom stereocenters. The minimum atomic E-state index is -0.287. The summed E-state index contributed by atoms with van der Waals surface area (Å²) in [6.07, 6.45) is 5.97. The quantitative estimate of drug-likeness (QED) is 0.658. The summed E-state index contributed by atoms with van der Waals surface area (Å²) in [6.45, 7) is 4.11. The second kappa shape index (κ2) is 10.1. The first-order valence-corrected chi connectivity index (χ1v) is 11.9. The number of halogens is 1. The molecule has 0 radical (unpaired) electrons. The average Bonchev–Trinajstić information content (AvgIpc) is 3.18. The zero-order valence-electron chi connectivity index (χ0n) is 18.0. The minimum Gasteiger partial charge on any atom is -0.379 e. The van der Waals surface area contributed by atoms with E-state index in [9.17, 15) is 9.18 Å². The highest BCUT2D eigenvalue weighted by atomic mass is 32.2. The third kappa shape index (κ3) is 5.27. The van der Waals surface area contributed by atoms with E-state index in [0.29, 0.717) is 17.5 Å². The summed E-state index contributed by atoms with van der Waals surface area (Å²) in [5.74, 6) is 0.658. The fourth-order valence-electron chi connectivity index (χ4n) is 4.59. The summed E-state index contributed by atoms with van der Waals surface area (Å²) in [6, 6.07) is 6.16. The van der Waals surface area contributed by atoms with Crippen molar-refractivity contribution in [2.24, 2.45) is 7.05 Å². The number of hydrogen-bond acceptors (Lipinski definition) is 6. The molecule has 2 aliphatic rings. The molecule has 0 spiro atoms. The molecule has 1 saturated carbocycles. The van der Waals surface area contributed by atoms with Gasteiger partial charge in [-0.1, -0.05) is 31.0 Å². The summed E-state index contributed by atoms with van der Waals surface area (Å²) in [4.78, 5) is 15.2. The Labute approximate surface area is 186 Å². The Morgan fingerprint density at radius 1 is 1.16 bits per heavy atom. The van der Waals surface area contributed by atoms with Crippen molar-refractivity contribution in [2.75, 3.05) is 38.6 Å². The highest BCUT2D eigenvalue weighted by molar-refractivity contribution is 7.99. The Balaban J connectivity index is 1.33. The van der Waals surface area contributed by atoms with Gasteiger partial charge in [-0.15, -0.1) is 10.2 Å². The lowest BCUT2D eigenvalue weighted by Gasteiger charge is -2.48. The second-order valence-corrected chi connectivity index (χ2v) is 9.26. The maximum Gasteiger partial charge on any atom is 0.230 e. The zero-order valence-corrected chi connectivity index (χ0v) is 18.8. The Morgan fingerprint density at radius 2 is 1.87 bits per heavy atom. The van der Waals surface area contributed by atoms with Crippen molar-refractivity contribution < 1.29 is 13.9 Å². The molecule has 31 heavy (non-hydrogen) atoms. The Kier molecular flexibility index (Phi) is 7.24. The van der Waals surface area contributed by atoms with E-state index in [1.807, 2.05) is 11.6 Å². The molecule has 1 aliphatic carbocycles. The Bertz CT molecular complexity index is 877. The first-order valence-electron chi connectivity index (χ1n) is 11.0. The van der Waals surface area contributed by atoms with Crippen molar-refractivity contribution in [2.45, 2.75) is 42.8 Å². The zero-order chi connectivity index (χ0) is 21.7. The molecular weight excluding hydrogens is 417 g/mol. The van der Waals surface area contributed by atoms with Crippen LogP contribution in [0.15, 0.2) is 29.4 Å². The average molecular weight is 448 g/mol. The third-order valence-corrected chi connectivity index (χ3v) is 7.37. The molecule has 9 heteroatoms. The largest absolute Gasteiger partial charge is 0.379 e. The highest BCUT2D eigenvalue weighted by Gasteiger charge is 2.38. The lowest BCUT2D eigenvalue weighted by atomic mass is 9.79. The van der Waals surface area contributed by atoms with Crippen LogP contribution in [0.4, 0.5) is 4.39 Å². The number of carbonyl (C=O) groups is 1. The monoisotopic (exact) mass is 447 g/mol. The van der Waals surface area contributed by atoms with Gasteiger partial charge in [-0.25, -0.2) is 4.39 Å². The smallest absolute Gasteiger partial charge is 0.230 e. The Hall–Kier alpha value is -1.97. The van der Waals surface area contributed by atoms with Crippen molar-refractivity contribution in [3.05, 3.63) is 30.1 Å². The molecule has 4 rings (SSSR count). The number of nitrogens with zero attached hydrogens (tertiary/aromatic N) is 4. The maximum atomic E-state index is 13.2. The predicted molar refractivity (Wildman–Crippen MR) is 118 cm³/mol. The summed E-state index contributed by atoms with van der Waals surface area (Å²) >= 11 is 1.36. The van der Waals surface area contributed by atoms with Crippen LogP contribution in [-0.4, -0.2) is 69.7 Å². The lowest BCUT2D eigenvalue weighted by molar-refractivity contribution is -0.119. The molecule has 1 saturated heterocycles. The number of aromatic nitrogens is 3. The Morgan fingerprint density at radius 3 is 2.58 bits per heavy atom. The normalized spacial score (nSPS) is 19.3. The van der Waals surface area contributed by atoms with Crippen molar-refractivity contribution in [1.29, 1.82) is 0 Å². The van der Waals surface area contributed by atoms with Gasteiger partial charge >= 0.3 is 0 Å². The molecule has 1 aromatic heterocycles. The summed E-state index contributed by atoms with van der Waals surface area (Å²) in [7, 11) is 1.86. The first-order chi connectivity index (χ1) is 15.1. The maximum absolute atomic E-state index is 13.2. The second-order valence-electron chi connectivity index (χ2n) is 8.32. The van der Waals surface area contributed by atoms with Gasteiger partial charge in [-0.05, 0) is 37.1 Å². The number of amides is 1. The van der Waals surface area contributed by atoms with Gasteiger partial charge in [0, 0.05) is 37.8 Å². The number of rotatable bonds is 7. The number of benzene rings is 1. The first kappa shape index (κ1) is 22.2. The van der Waals surface area contributed by atoms with Crippen LogP contribution >= 0.6 is 11.8 Å². The van der Waals surface area contributed by atoms with Crippen molar-refractivity contribution in [1.82, 2.24) is 25.0 Å². The van der Waals surface area contributed by atoms with Crippen LogP contribution in [0.3, 0.4) is 0 Å². The summed E-state index contributed by atoms with van der Waals surface area (Å²) in [5, 5.41) is 12.3. The standard InChI is InChI=1S/C22H30FN5O2S/c1-27-20(17-5-7-18(23)8-6-17)25-26-21(27)31-15-19(29)24-16-22(9-3-2-4-10-22)28-11-13-30-14-12-28/h5-8H,2-4,9-16H2,1H3,(H,24,29). The van der Waals surface area contributed by atoms with Crippen molar-refractivity contribution in [3.8, 4) is 11.4 Å². The number of ether oxygens (including phenoxy) is 1. The molecule has 1 aromatic carbocycles. The molecule has 7 nitrogen and oxygen atoms in total. The molecule has 1 amide bonds. The molecule has 1 N–H and O–H groups in total. The fourth-order valence-corrected chi connectivity index (χ4v) is 5.33. The molecule has 2 aromatic rings. The minimum absolute atomic E-state index is 0.00883. The predicted octanol–water partition coefficient (Wildman–Crippen LogP) is 2.86. The van der Waals surface area contributed by atoms with Gasteiger partial charge in [0.25, 0.3) is 0 Å². The van der Waals surface area contributed by atoms with Gasteiger partial charge in [0.1, 0.15) is 5.82 Å². The van der Waals surface area contributed by atoms with Gasteiger partial charge in [-0.2, -0.15) is 0 Å². The van der Waals surface area contributed by atoms with Crippen LogP contribution < -0.4 is 5.32 Å². The van der Waals surface area contributed by atoms with E-state index in [-0.39, 0.29) is 23.0 Å². The van der Waals surface area contributed by atoms with Gasteiger partial charge in [0.2, 0.25) is 5.91 Å². The van der Waals surface area contributed by atoms with E-state index < -0.39 is 0 Å². The van der Waals surface area contributed by atoms with Crippen LogP contribution in [0, 0.1) is 5.82 Å². The number of nitrogens with one attached hydrogen (secondary N) is 1. The van der Waals surface area contributed by atoms with Crippen LogP contribution in [-0.2, 0) is 16.6 Å². The van der Waals surface area contributed by atoms with Crippen LogP contribution in [0.5, 0.6) is 0 Å². The van der Waals surface area contributed by atoms with E-state index in [4.69, 9.17) is 4.74 Å². The molecule has 0 atom stereocenters. The molecule has 0 bridgehead atoms. The van der Waals surface area contributed by atoms with Gasteiger partial charge in [0.05, 0.1) is 19.0 Å². The number of carbonyl (C=O) groups excluding carboxylic acids is 1. The molecule has 168 valence electrons. The van der Waals surface area contributed by atoms with Crippen LogP contribution in [0.25, 0.3) is 11.4 Å². The van der Waals surface area contributed by atoms with Crippen molar-refractivity contribution >= 4 is 17.7 Å². The number of thioether (sulfide) groups is 1. The van der Waals surface area contributed by atoms with Crippen LogP contribution in [0.2, 0.25) is 0 Å². The number of hydrogen-bond donors (Lipinski definition) is 1. The highest BCUT2D eigenvalue weighted by Crippen LogP contribution is 2.34. The van der Waals surface area contributed by atoms with E-state index in [1.54, 1.807) is 12.1 Å².